The number of nitrogens with zero attached hydrogens (tertiary/aromatic N) is 2. The minimum atomic E-state index is -0.205. The molecule has 1 heterocycles. The van der Waals surface area contributed by atoms with Crippen LogP contribution < -0.4 is 5.73 Å². The number of carbonyl (C=O) groups is 2. The molecule has 6 nitrogen and oxygen atoms in total. The fraction of sp³-hybridized carbons (Fsp3) is 0.895. The molecule has 5 aliphatic rings. The summed E-state index contributed by atoms with van der Waals surface area (Å²) in [5, 5.41) is 0. The smallest absolute Gasteiger partial charge is 0.410 e. The number of hydrogen-bond donors (Lipinski definition) is 1. The van der Waals surface area contributed by atoms with E-state index in [1.54, 1.807) is 0 Å². The number of nitrogens with two attached hydrogens (primary N) is 1. The van der Waals surface area contributed by atoms with Crippen molar-refractivity contribution in [2.75, 3.05) is 32.8 Å². The zero-order chi connectivity index (χ0) is 17.6. The summed E-state index contributed by atoms with van der Waals surface area (Å²) in [5.41, 5.74) is 5.78. The van der Waals surface area contributed by atoms with Crippen molar-refractivity contribution in [1.29, 1.82) is 0 Å². The first-order chi connectivity index (χ1) is 12.0. The lowest BCUT2D eigenvalue weighted by molar-refractivity contribution is -0.141. The third kappa shape index (κ3) is 2.92. The van der Waals surface area contributed by atoms with Gasteiger partial charge in [0.05, 0.1) is 19.2 Å². The molecule has 1 unspecified atom stereocenters. The fourth-order valence-electron chi connectivity index (χ4n) is 6.67. The van der Waals surface area contributed by atoms with Crippen LogP contribution in [0.15, 0.2) is 0 Å². The number of carbonyl (C=O) groups excluding carboxylic acids is 2. The molecule has 25 heavy (non-hydrogen) atoms. The Bertz CT molecular complexity index is 515. The maximum Gasteiger partial charge on any atom is 0.410 e. The van der Waals surface area contributed by atoms with Gasteiger partial charge < -0.3 is 20.3 Å². The SMILES string of the molecule is CCOC(=O)N1CCN(C(=O)CN)CC1C12CC3CC(CC(C3)C1)C2. The second-order valence-electron chi connectivity index (χ2n) is 8.73. The van der Waals surface area contributed by atoms with Crippen molar-refractivity contribution in [3.63, 3.8) is 0 Å². The van der Waals surface area contributed by atoms with Gasteiger partial charge in [-0.15, -0.1) is 0 Å². The van der Waals surface area contributed by atoms with E-state index in [2.05, 4.69) is 0 Å². The average Bonchev–Trinajstić information content (AvgIpc) is 2.59. The molecule has 4 bridgehead atoms. The minimum Gasteiger partial charge on any atom is -0.450 e. The summed E-state index contributed by atoms with van der Waals surface area (Å²) in [6, 6.07) is 0.0872. The van der Waals surface area contributed by atoms with Gasteiger partial charge in [-0.2, -0.15) is 0 Å². The fourth-order valence-corrected chi connectivity index (χ4v) is 6.67. The molecule has 0 aromatic carbocycles. The predicted molar refractivity (Wildman–Crippen MR) is 93.8 cm³/mol. The van der Waals surface area contributed by atoms with Crippen molar-refractivity contribution >= 4 is 12.0 Å². The third-order valence-electron chi connectivity index (χ3n) is 7.20. The standard InChI is InChI=1S/C19H31N3O3/c1-2-25-18(24)22-4-3-21(17(23)11-20)12-16(22)19-8-13-5-14(9-19)7-15(6-13)10-19/h13-16H,2-12,20H2,1H3. The Hall–Kier alpha value is -1.30. The van der Waals surface area contributed by atoms with E-state index in [-0.39, 0.29) is 30.0 Å². The first-order valence-electron chi connectivity index (χ1n) is 9.96. The van der Waals surface area contributed by atoms with E-state index in [1.807, 2.05) is 16.7 Å². The predicted octanol–water partition coefficient (Wildman–Crippen LogP) is 1.83. The maximum atomic E-state index is 12.6. The van der Waals surface area contributed by atoms with E-state index >= 15 is 0 Å². The normalized spacial score (nSPS) is 39.6. The number of piperazine rings is 1. The third-order valence-corrected chi connectivity index (χ3v) is 7.20. The van der Waals surface area contributed by atoms with Crippen molar-refractivity contribution in [2.45, 2.75) is 51.5 Å². The molecule has 140 valence electrons. The van der Waals surface area contributed by atoms with Gasteiger partial charge in [-0.25, -0.2) is 4.79 Å². The molecule has 1 aliphatic heterocycles. The molecule has 0 radical (unpaired) electrons. The Balaban J connectivity index is 1.61. The van der Waals surface area contributed by atoms with E-state index in [1.165, 1.54) is 38.5 Å². The summed E-state index contributed by atoms with van der Waals surface area (Å²) in [6.45, 7) is 4.06. The molecule has 6 heteroatoms. The van der Waals surface area contributed by atoms with Gasteiger partial charge in [-0.05, 0) is 68.6 Å². The lowest BCUT2D eigenvalue weighted by Gasteiger charge is -2.62. The van der Waals surface area contributed by atoms with Crippen molar-refractivity contribution in [2.24, 2.45) is 28.9 Å². The van der Waals surface area contributed by atoms with Gasteiger partial charge in [0, 0.05) is 19.6 Å². The van der Waals surface area contributed by atoms with Crippen molar-refractivity contribution in [3.8, 4) is 0 Å². The van der Waals surface area contributed by atoms with Gasteiger partial charge in [-0.1, -0.05) is 0 Å². The molecule has 4 saturated carbocycles. The van der Waals surface area contributed by atoms with Crippen LogP contribution in [-0.4, -0.2) is 60.6 Å². The Morgan fingerprint density at radius 3 is 2.20 bits per heavy atom. The summed E-state index contributed by atoms with van der Waals surface area (Å²) in [4.78, 5) is 28.6. The number of rotatable bonds is 3. The van der Waals surface area contributed by atoms with Crippen LogP contribution in [0.3, 0.4) is 0 Å². The highest BCUT2D eigenvalue weighted by Crippen LogP contribution is 2.62. The number of amides is 2. The van der Waals surface area contributed by atoms with Gasteiger partial charge in [-0.3, -0.25) is 4.79 Å². The average molecular weight is 349 g/mol. The van der Waals surface area contributed by atoms with E-state index in [0.717, 1.165) is 17.8 Å². The van der Waals surface area contributed by atoms with Gasteiger partial charge in [0.25, 0.3) is 0 Å². The van der Waals surface area contributed by atoms with E-state index in [0.29, 0.717) is 26.2 Å². The van der Waals surface area contributed by atoms with Gasteiger partial charge in [0.1, 0.15) is 0 Å². The van der Waals surface area contributed by atoms with Crippen LogP contribution >= 0.6 is 0 Å². The first-order valence-corrected chi connectivity index (χ1v) is 9.96. The highest BCUT2D eigenvalue weighted by molar-refractivity contribution is 5.78. The molecule has 1 atom stereocenters. The molecule has 4 aliphatic carbocycles. The van der Waals surface area contributed by atoms with E-state index in [4.69, 9.17) is 10.5 Å². The molecule has 0 aromatic heterocycles. The molecule has 2 amide bonds. The summed E-state index contributed by atoms with van der Waals surface area (Å²) in [5.74, 6) is 2.45. The van der Waals surface area contributed by atoms with Crippen molar-refractivity contribution in [1.82, 2.24) is 9.80 Å². The van der Waals surface area contributed by atoms with Crippen LogP contribution in [0.5, 0.6) is 0 Å². The van der Waals surface area contributed by atoms with Crippen LogP contribution in [0.2, 0.25) is 0 Å². The molecule has 2 N–H and O–H groups in total. The molecule has 5 rings (SSSR count). The van der Waals surface area contributed by atoms with Crippen LogP contribution in [0, 0.1) is 23.2 Å². The van der Waals surface area contributed by atoms with Crippen LogP contribution in [0.25, 0.3) is 0 Å². The number of hydrogen-bond acceptors (Lipinski definition) is 4. The molecule has 1 saturated heterocycles. The van der Waals surface area contributed by atoms with Gasteiger partial charge in [0.2, 0.25) is 5.91 Å². The van der Waals surface area contributed by atoms with Crippen LogP contribution in [-0.2, 0) is 9.53 Å². The summed E-state index contributed by atoms with van der Waals surface area (Å²) in [7, 11) is 0. The summed E-state index contributed by atoms with van der Waals surface area (Å²) >= 11 is 0. The van der Waals surface area contributed by atoms with E-state index in [9.17, 15) is 9.59 Å². The minimum absolute atomic E-state index is 0.00163. The van der Waals surface area contributed by atoms with E-state index < -0.39 is 0 Å². The Kier molecular flexibility index (Phi) is 4.42. The molecule has 5 fully saturated rings. The zero-order valence-corrected chi connectivity index (χ0v) is 15.3. The van der Waals surface area contributed by atoms with Crippen molar-refractivity contribution in [3.05, 3.63) is 0 Å². The van der Waals surface area contributed by atoms with Gasteiger partial charge >= 0.3 is 6.09 Å². The highest BCUT2D eigenvalue weighted by Gasteiger charge is 2.57. The van der Waals surface area contributed by atoms with Crippen LogP contribution in [0.1, 0.15) is 45.4 Å². The lowest BCUT2D eigenvalue weighted by Crippen LogP contribution is -2.66. The summed E-state index contributed by atoms with van der Waals surface area (Å²) < 4.78 is 5.36. The van der Waals surface area contributed by atoms with Crippen LogP contribution in [0.4, 0.5) is 4.79 Å². The highest BCUT2D eigenvalue weighted by atomic mass is 16.6. The molecular formula is C19H31N3O3. The Morgan fingerprint density at radius 1 is 1.08 bits per heavy atom. The van der Waals surface area contributed by atoms with Gasteiger partial charge in [0.15, 0.2) is 0 Å². The number of ether oxygens (including phenoxy) is 1. The molecule has 0 aromatic rings. The molecule has 0 spiro atoms. The topological polar surface area (TPSA) is 75.9 Å². The summed E-state index contributed by atoms with van der Waals surface area (Å²) in [6.07, 6.45) is 7.55. The maximum absolute atomic E-state index is 12.6. The quantitative estimate of drug-likeness (QED) is 0.843. The monoisotopic (exact) mass is 349 g/mol. The zero-order valence-electron chi connectivity index (χ0n) is 15.3. The second kappa shape index (κ2) is 6.45. The Morgan fingerprint density at radius 2 is 1.68 bits per heavy atom. The first kappa shape index (κ1) is 17.1. The van der Waals surface area contributed by atoms with Crippen molar-refractivity contribution < 1.29 is 14.3 Å². The Labute approximate surface area is 150 Å². The second-order valence-corrected chi connectivity index (χ2v) is 8.73. The largest absolute Gasteiger partial charge is 0.450 e. The lowest BCUT2D eigenvalue weighted by atomic mass is 9.47. The molecular weight excluding hydrogens is 318 g/mol.